The van der Waals surface area contributed by atoms with Crippen LogP contribution in [0, 0.1) is 17.7 Å². The lowest BCUT2D eigenvalue weighted by molar-refractivity contribution is -0.148. The van der Waals surface area contributed by atoms with Gasteiger partial charge in [-0.25, -0.2) is 4.39 Å². The number of amides is 1. The molecule has 0 saturated heterocycles. The number of anilines is 1. The van der Waals surface area contributed by atoms with Gasteiger partial charge in [0.05, 0.1) is 5.92 Å². The Morgan fingerprint density at radius 2 is 2.00 bits per heavy atom. The summed E-state index contributed by atoms with van der Waals surface area (Å²) in [5.41, 5.74) is 0.470. The molecular formula is C13H14FNO3. The van der Waals surface area contributed by atoms with E-state index >= 15 is 0 Å². The van der Waals surface area contributed by atoms with E-state index in [1.807, 2.05) is 6.92 Å². The van der Waals surface area contributed by atoms with Crippen LogP contribution in [0.25, 0.3) is 0 Å². The summed E-state index contributed by atoms with van der Waals surface area (Å²) in [4.78, 5) is 22.8. The second-order valence-corrected chi connectivity index (χ2v) is 4.48. The van der Waals surface area contributed by atoms with Gasteiger partial charge in [-0.1, -0.05) is 6.92 Å². The van der Waals surface area contributed by atoms with Crippen LogP contribution >= 0.6 is 0 Å². The lowest BCUT2D eigenvalue weighted by Crippen LogP contribution is -2.21. The van der Waals surface area contributed by atoms with Crippen LogP contribution in [0.5, 0.6) is 0 Å². The summed E-state index contributed by atoms with van der Waals surface area (Å²) in [5.74, 6) is -0.816. The second kappa shape index (κ2) is 5.16. The molecule has 0 unspecified atom stereocenters. The highest BCUT2D eigenvalue weighted by atomic mass is 19.1. The van der Waals surface area contributed by atoms with Crippen molar-refractivity contribution in [2.45, 2.75) is 13.3 Å². The fourth-order valence-electron chi connectivity index (χ4n) is 1.62. The zero-order chi connectivity index (χ0) is 13.1. The third-order valence-electron chi connectivity index (χ3n) is 2.89. The maximum Gasteiger partial charge on any atom is 0.309 e. The third kappa shape index (κ3) is 3.29. The molecule has 0 radical (unpaired) electrons. The summed E-state index contributed by atoms with van der Waals surface area (Å²) < 4.78 is 17.5. The van der Waals surface area contributed by atoms with E-state index in [0.29, 0.717) is 11.6 Å². The van der Waals surface area contributed by atoms with E-state index in [-0.39, 0.29) is 24.3 Å². The number of hydrogen-bond acceptors (Lipinski definition) is 3. The number of carbonyl (C=O) groups excluding carboxylic acids is 2. The number of benzene rings is 1. The van der Waals surface area contributed by atoms with Crippen LogP contribution in [0.2, 0.25) is 0 Å². The fourth-order valence-corrected chi connectivity index (χ4v) is 1.62. The molecule has 0 bridgehead atoms. The van der Waals surface area contributed by atoms with Crippen LogP contribution in [0.3, 0.4) is 0 Å². The highest BCUT2D eigenvalue weighted by Crippen LogP contribution is 2.38. The minimum atomic E-state index is -0.428. The van der Waals surface area contributed by atoms with Crippen LogP contribution < -0.4 is 5.32 Å². The van der Waals surface area contributed by atoms with E-state index in [1.54, 1.807) is 0 Å². The van der Waals surface area contributed by atoms with Crippen molar-refractivity contribution in [2.75, 3.05) is 11.9 Å². The number of halogens is 1. The Balaban J connectivity index is 1.75. The summed E-state index contributed by atoms with van der Waals surface area (Å²) in [6.45, 7) is 1.66. The first-order chi connectivity index (χ1) is 8.56. The van der Waals surface area contributed by atoms with Gasteiger partial charge in [-0.3, -0.25) is 9.59 Å². The molecule has 1 N–H and O–H groups in total. The van der Waals surface area contributed by atoms with Gasteiger partial charge in [-0.2, -0.15) is 0 Å². The smallest absolute Gasteiger partial charge is 0.309 e. The minimum absolute atomic E-state index is 0.0522. The Morgan fingerprint density at radius 1 is 1.39 bits per heavy atom. The quantitative estimate of drug-likeness (QED) is 0.832. The molecule has 1 aliphatic rings. The van der Waals surface area contributed by atoms with E-state index in [0.717, 1.165) is 6.42 Å². The molecule has 1 aliphatic carbocycles. The van der Waals surface area contributed by atoms with E-state index in [9.17, 15) is 14.0 Å². The van der Waals surface area contributed by atoms with Crippen molar-refractivity contribution in [1.29, 1.82) is 0 Å². The molecule has 1 fully saturated rings. The number of nitrogens with one attached hydrogen (secondary N) is 1. The van der Waals surface area contributed by atoms with Crippen molar-refractivity contribution in [3.63, 3.8) is 0 Å². The molecule has 5 heteroatoms. The maximum atomic E-state index is 12.6. The standard InChI is InChI=1S/C13H14FNO3/c1-8-6-11(8)13(17)18-7-12(16)15-10-4-2-9(14)3-5-10/h2-5,8,11H,6-7H2,1H3,(H,15,16)/t8-,11+/m0/s1. The molecule has 2 rings (SSSR count). The van der Waals surface area contributed by atoms with Gasteiger partial charge in [0.1, 0.15) is 5.82 Å². The van der Waals surface area contributed by atoms with Crippen molar-refractivity contribution in [2.24, 2.45) is 11.8 Å². The predicted octanol–water partition coefficient (Wildman–Crippen LogP) is 1.96. The van der Waals surface area contributed by atoms with Gasteiger partial charge in [0.25, 0.3) is 5.91 Å². The number of carbonyl (C=O) groups is 2. The first-order valence-electron chi connectivity index (χ1n) is 5.78. The van der Waals surface area contributed by atoms with Crippen LogP contribution in [-0.2, 0) is 14.3 Å². The van der Waals surface area contributed by atoms with Gasteiger partial charge in [0.15, 0.2) is 6.61 Å². The number of hydrogen-bond donors (Lipinski definition) is 1. The first kappa shape index (κ1) is 12.5. The normalized spacial score (nSPS) is 21.2. The van der Waals surface area contributed by atoms with Crippen LogP contribution in [-0.4, -0.2) is 18.5 Å². The first-order valence-corrected chi connectivity index (χ1v) is 5.78. The minimum Gasteiger partial charge on any atom is -0.455 e. The zero-order valence-corrected chi connectivity index (χ0v) is 9.98. The fraction of sp³-hybridized carbons (Fsp3) is 0.385. The summed E-state index contributed by atoms with van der Waals surface area (Å²) in [6.07, 6.45) is 0.832. The van der Waals surface area contributed by atoms with Gasteiger partial charge in [-0.15, -0.1) is 0 Å². The Morgan fingerprint density at radius 3 is 2.56 bits per heavy atom. The summed E-state index contributed by atoms with van der Waals surface area (Å²) in [5, 5.41) is 2.51. The molecular weight excluding hydrogens is 237 g/mol. The molecule has 0 spiro atoms. The maximum absolute atomic E-state index is 12.6. The Bertz CT molecular complexity index is 458. The van der Waals surface area contributed by atoms with Crippen molar-refractivity contribution < 1.29 is 18.7 Å². The summed E-state index contributed by atoms with van der Waals surface area (Å²) in [7, 11) is 0. The molecule has 2 atom stereocenters. The zero-order valence-electron chi connectivity index (χ0n) is 9.98. The van der Waals surface area contributed by atoms with Crippen molar-refractivity contribution in [3.8, 4) is 0 Å². The molecule has 18 heavy (non-hydrogen) atoms. The molecule has 1 saturated carbocycles. The number of ether oxygens (including phenoxy) is 1. The molecule has 0 aliphatic heterocycles. The highest BCUT2D eigenvalue weighted by molar-refractivity contribution is 5.93. The molecule has 0 aromatic heterocycles. The van der Waals surface area contributed by atoms with E-state index < -0.39 is 5.91 Å². The number of esters is 1. The Kier molecular flexibility index (Phi) is 3.60. The molecule has 1 aromatic carbocycles. The third-order valence-corrected chi connectivity index (χ3v) is 2.89. The van der Waals surface area contributed by atoms with Crippen molar-refractivity contribution in [1.82, 2.24) is 0 Å². The monoisotopic (exact) mass is 251 g/mol. The lowest BCUT2D eigenvalue weighted by Gasteiger charge is -2.06. The molecule has 0 heterocycles. The molecule has 1 amide bonds. The average molecular weight is 251 g/mol. The SMILES string of the molecule is C[C@H]1C[C@H]1C(=O)OCC(=O)Nc1ccc(F)cc1. The number of rotatable bonds is 4. The molecule has 96 valence electrons. The van der Waals surface area contributed by atoms with E-state index in [2.05, 4.69) is 5.32 Å². The van der Waals surface area contributed by atoms with Gasteiger partial charge < -0.3 is 10.1 Å². The van der Waals surface area contributed by atoms with Crippen LogP contribution in [0.15, 0.2) is 24.3 Å². The molecule has 1 aromatic rings. The topological polar surface area (TPSA) is 55.4 Å². The van der Waals surface area contributed by atoms with Crippen molar-refractivity contribution >= 4 is 17.6 Å². The Hall–Kier alpha value is -1.91. The van der Waals surface area contributed by atoms with Gasteiger partial charge in [0.2, 0.25) is 0 Å². The van der Waals surface area contributed by atoms with Crippen LogP contribution in [0.1, 0.15) is 13.3 Å². The largest absolute Gasteiger partial charge is 0.455 e. The lowest BCUT2D eigenvalue weighted by atomic mass is 10.3. The Labute approximate surface area is 104 Å². The average Bonchev–Trinajstić information content (AvgIpc) is 3.06. The highest BCUT2D eigenvalue weighted by Gasteiger charge is 2.40. The predicted molar refractivity (Wildman–Crippen MR) is 63.3 cm³/mol. The van der Waals surface area contributed by atoms with Gasteiger partial charge in [-0.05, 0) is 36.6 Å². The molecule has 4 nitrogen and oxygen atoms in total. The van der Waals surface area contributed by atoms with Crippen molar-refractivity contribution in [3.05, 3.63) is 30.1 Å². The van der Waals surface area contributed by atoms with Gasteiger partial charge in [0, 0.05) is 5.69 Å². The van der Waals surface area contributed by atoms with E-state index in [4.69, 9.17) is 4.74 Å². The van der Waals surface area contributed by atoms with E-state index in [1.165, 1.54) is 24.3 Å². The summed E-state index contributed by atoms with van der Waals surface area (Å²) in [6, 6.07) is 5.37. The van der Waals surface area contributed by atoms with Crippen LogP contribution in [0.4, 0.5) is 10.1 Å². The summed E-state index contributed by atoms with van der Waals surface area (Å²) >= 11 is 0. The second-order valence-electron chi connectivity index (χ2n) is 4.48. The van der Waals surface area contributed by atoms with Gasteiger partial charge >= 0.3 is 5.97 Å².